The molecule has 25 heavy (non-hydrogen) atoms. The van der Waals surface area contributed by atoms with Crippen molar-refractivity contribution in [1.29, 1.82) is 0 Å². The van der Waals surface area contributed by atoms with Crippen LogP contribution >= 0.6 is 0 Å². The zero-order valence-corrected chi connectivity index (χ0v) is 14.6. The summed E-state index contributed by atoms with van der Waals surface area (Å²) in [6.45, 7) is 3.17. The van der Waals surface area contributed by atoms with Gasteiger partial charge in [-0.1, -0.05) is 19.1 Å². The molecule has 7 heteroatoms. The third-order valence-electron chi connectivity index (χ3n) is 3.38. The number of esters is 1. The molecule has 2 aromatic rings. The lowest BCUT2D eigenvalue weighted by Gasteiger charge is -2.15. The minimum Gasteiger partial charge on any atom is -0.449 e. The van der Waals surface area contributed by atoms with E-state index in [9.17, 15) is 18.2 Å². The van der Waals surface area contributed by atoms with Gasteiger partial charge in [0.25, 0.3) is 5.91 Å². The minimum atomic E-state index is -1.32. The Hall–Kier alpha value is -2.54. The second-order valence-corrected chi connectivity index (χ2v) is 6.88. The van der Waals surface area contributed by atoms with Crippen molar-refractivity contribution < 1.29 is 22.9 Å². The number of hydrogen-bond donors (Lipinski definition) is 1. The number of anilines is 1. The summed E-state index contributed by atoms with van der Waals surface area (Å²) in [7, 11) is -1.32. The van der Waals surface area contributed by atoms with Crippen LogP contribution in [0.25, 0.3) is 0 Å². The lowest BCUT2D eigenvalue weighted by Crippen LogP contribution is -2.30. The first kappa shape index (κ1) is 18.8. The van der Waals surface area contributed by atoms with E-state index >= 15 is 0 Å². The third-order valence-corrected chi connectivity index (χ3v) is 4.75. The van der Waals surface area contributed by atoms with Crippen molar-refractivity contribution in [3.05, 3.63) is 59.9 Å². The molecule has 0 aliphatic carbocycles. The van der Waals surface area contributed by atoms with E-state index < -0.39 is 34.6 Å². The van der Waals surface area contributed by atoms with Crippen LogP contribution < -0.4 is 5.32 Å². The zero-order chi connectivity index (χ0) is 18.4. The van der Waals surface area contributed by atoms with Gasteiger partial charge in [-0.15, -0.1) is 0 Å². The number of hydrogen-bond acceptors (Lipinski definition) is 4. The Kier molecular flexibility index (Phi) is 6.41. The van der Waals surface area contributed by atoms with Gasteiger partial charge in [-0.3, -0.25) is 9.00 Å². The number of ether oxygens (including phenoxy) is 1. The van der Waals surface area contributed by atoms with Gasteiger partial charge in [0.05, 0.1) is 21.3 Å². The number of nitrogens with one attached hydrogen (secondary N) is 1. The van der Waals surface area contributed by atoms with Gasteiger partial charge in [0.2, 0.25) is 0 Å². The van der Waals surface area contributed by atoms with Crippen LogP contribution in [0.4, 0.5) is 10.1 Å². The average molecular weight is 363 g/mol. The summed E-state index contributed by atoms with van der Waals surface area (Å²) >= 11 is 0. The highest BCUT2D eigenvalue weighted by molar-refractivity contribution is 7.85. The summed E-state index contributed by atoms with van der Waals surface area (Å²) in [6.07, 6.45) is -1.07. The van der Waals surface area contributed by atoms with E-state index in [-0.39, 0.29) is 5.56 Å². The highest BCUT2D eigenvalue weighted by atomic mass is 32.2. The molecule has 0 fully saturated rings. The molecule has 132 valence electrons. The molecular formula is C18H18FNO4S. The van der Waals surface area contributed by atoms with Crippen molar-refractivity contribution in [2.45, 2.75) is 24.8 Å². The van der Waals surface area contributed by atoms with E-state index in [4.69, 9.17) is 4.74 Å². The van der Waals surface area contributed by atoms with Gasteiger partial charge in [-0.05, 0) is 43.3 Å². The second kappa shape index (κ2) is 8.53. The van der Waals surface area contributed by atoms with Gasteiger partial charge in [-0.2, -0.15) is 0 Å². The van der Waals surface area contributed by atoms with Gasteiger partial charge in [0, 0.05) is 11.4 Å². The first-order valence-corrected chi connectivity index (χ1v) is 8.99. The summed E-state index contributed by atoms with van der Waals surface area (Å²) in [5.41, 5.74) is 0.561. The van der Waals surface area contributed by atoms with Crippen molar-refractivity contribution in [3.8, 4) is 0 Å². The van der Waals surface area contributed by atoms with E-state index in [2.05, 4.69) is 5.32 Å². The van der Waals surface area contributed by atoms with Crippen molar-refractivity contribution in [1.82, 2.24) is 0 Å². The van der Waals surface area contributed by atoms with Crippen LogP contribution in [0, 0.1) is 5.82 Å². The monoisotopic (exact) mass is 363 g/mol. The Morgan fingerprint density at radius 2 is 1.80 bits per heavy atom. The Morgan fingerprint density at radius 1 is 1.16 bits per heavy atom. The predicted octanol–water partition coefficient (Wildman–Crippen LogP) is 3.14. The van der Waals surface area contributed by atoms with Crippen molar-refractivity contribution in [2.24, 2.45) is 0 Å². The highest BCUT2D eigenvalue weighted by Gasteiger charge is 2.22. The molecule has 2 atom stereocenters. The number of halogens is 1. The molecule has 0 aromatic heterocycles. The van der Waals surface area contributed by atoms with E-state index in [0.717, 1.165) is 0 Å². The van der Waals surface area contributed by atoms with E-state index in [1.807, 2.05) is 0 Å². The van der Waals surface area contributed by atoms with Crippen LogP contribution in [0.2, 0.25) is 0 Å². The summed E-state index contributed by atoms with van der Waals surface area (Å²) in [4.78, 5) is 24.8. The molecule has 0 unspecified atom stereocenters. The van der Waals surface area contributed by atoms with Crippen LogP contribution in [0.1, 0.15) is 24.2 Å². The molecule has 0 radical (unpaired) electrons. The molecule has 0 heterocycles. The number of carbonyl (C=O) groups excluding carboxylic acids is 2. The fraction of sp³-hybridized carbons (Fsp3) is 0.222. The minimum absolute atomic E-state index is 0.170. The van der Waals surface area contributed by atoms with Crippen molar-refractivity contribution in [3.63, 3.8) is 0 Å². The molecule has 0 spiro atoms. The topological polar surface area (TPSA) is 72.5 Å². The van der Waals surface area contributed by atoms with E-state index in [1.165, 1.54) is 37.3 Å². The van der Waals surface area contributed by atoms with Crippen molar-refractivity contribution >= 4 is 28.4 Å². The fourth-order valence-corrected chi connectivity index (χ4v) is 2.98. The summed E-state index contributed by atoms with van der Waals surface area (Å²) < 4.78 is 30.1. The summed E-state index contributed by atoms with van der Waals surface area (Å²) in [5.74, 6) is -1.32. The van der Waals surface area contributed by atoms with Crippen LogP contribution in [0.3, 0.4) is 0 Å². The number of carbonyl (C=O) groups is 2. The highest BCUT2D eigenvalue weighted by Crippen LogP contribution is 2.16. The maximum Gasteiger partial charge on any atom is 0.340 e. The first-order chi connectivity index (χ1) is 11.9. The van der Waals surface area contributed by atoms with Crippen LogP contribution in [0.5, 0.6) is 0 Å². The molecule has 5 nitrogen and oxygen atoms in total. The number of benzene rings is 2. The van der Waals surface area contributed by atoms with Gasteiger partial charge in [0.15, 0.2) is 6.10 Å². The molecule has 1 amide bonds. The fourth-order valence-electron chi connectivity index (χ4n) is 2.04. The number of rotatable bonds is 6. The maximum absolute atomic E-state index is 12.9. The third kappa shape index (κ3) is 4.96. The van der Waals surface area contributed by atoms with Crippen LogP contribution in [-0.4, -0.2) is 27.9 Å². The number of amides is 1. The molecule has 0 bridgehead atoms. The lowest BCUT2D eigenvalue weighted by atomic mass is 10.2. The largest absolute Gasteiger partial charge is 0.449 e. The van der Waals surface area contributed by atoms with Gasteiger partial charge < -0.3 is 10.1 Å². The summed E-state index contributed by atoms with van der Waals surface area (Å²) in [5, 5.41) is 2.53. The van der Waals surface area contributed by atoms with E-state index in [1.54, 1.807) is 25.1 Å². The van der Waals surface area contributed by atoms with Gasteiger partial charge in [-0.25, -0.2) is 9.18 Å². The van der Waals surface area contributed by atoms with Crippen molar-refractivity contribution in [2.75, 3.05) is 11.1 Å². The first-order valence-electron chi connectivity index (χ1n) is 7.67. The van der Waals surface area contributed by atoms with Gasteiger partial charge >= 0.3 is 5.97 Å². The lowest BCUT2D eigenvalue weighted by molar-refractivity contribution is -0.123. The smallest absolute Gasteiger partial charge is 0.340 e. The predicted molar refractivity (Wildman–Crippen MR) is 93.3 cm³/mol. The normalized spacial score (nSPS) is 12.9. The quantitative estimate of drug-likeness (QED) is 0.801. The molecular weight excluding hydrogens is 345 g/mol. The average Bonchev–Trinajstić information content (AvgIpc) is 2.62. The maximum atomic E-state index is 12.9. The SMILES string of the molecule is CC[S@@](=O)c1ccccc1C(=O)O[C@H](C)C(=O)Nc1ccc(F)cc1. The Labute approximate surface area is 147 Å². The van der Waals surface area contributed by atoms with Crippen LogP contribution in [0.15, 0.2) is 53.4 Å². The Bertz CT molecular complexity index is 792. The van der Waals surface area contributed by atoms with Crippen LogP contribution in [-0.2, 0) is 20.3 Å². The molecule has 2 rings (SSSR count). The Morgan fingerprint density at radius 3 is 2.44 bits per heavy atom. The zero-order valence-electron chi connectivity index (χ0n) is 13.8. The van der Waals surface area contributed by atoms with Gasteiger partial charge in [0.1, 0.15) is 5.82 Å². The Balaban J connectivity index is 2.06. The standard InChI is InChI=1S/C18H18FNO4S/c1-3-25(23)16-7-5-4-6-15(16)18(22)24-12(2)17(21)20-14-10-8-13(19)9-11-14/h4-12H,3H2,1-2H3,(H,20,21)/t12-,25-/m1/s1. The summed E-state index contributed by atoms with van der Waals surface area (Å²) in [6, 6.07) is 11.7. The second-order valence-electron chi connectivity index (χ2n) is 5.17. The molecule has 0 aliphatic heterocycles. The van der Waals surface area contributed by atoms with E-state index in [0.29, 0.717) is 16.3 Å². The molecule has 0 aliphatic rings. The molecule has 2 aromatic carbocycles. The molecule has 0 saturated heterocycles. The molecule has 1 N–H and O–H groups in total. The molecule has 0 saturated carbocycles.